The van der Waals surface area contributed by atoms with Crippen molar-refractivity contribution in [3.63, 3.8) is 0 Å². The first-order valence-electron chi connectivity index (χ1n) is 14.8. The summed E-state index contributed by atoms with van der Waals surface area (Å²) < 4.78 is 2.35. The Morgan fingerprint density at radius 3 is 1.84 bits per heavy atom. The molecule has 7 rings (SSSR count). The highest BCUT2D eigenvalue weighted by molar-refractivity contribution is 6.13. The maximum absolute atomic E-state index is 5.05. The van der Waals surface area contributed by atoms with E-state index in [1.807, 2.05) is 55.5 Å². The topological polar surface area (TPSA) is 29.6 Å². The Morgan fingerprint density at radius 1 is 0.500 bits per heavy atom. The molecule has 0 bridgehead atoms. The largest absolute Gasteiger partial charge is 0.309 e. The van der Waals surface area contributed by atoms with Crippen molar-refractivity contribution in [1.29, 1.82) is 0 Å². The average Bonchev–Trinajstić information content (AvgIpc) is 3.43. The van der Waals surface area contributed by atoms with Crippen molar-refractivity contribution in [2.24, 2.45) is 9.98 Å². The molecular formula is C41H31N3. The van der Waals surface area contributed by atoms with Gasteiger partial charge in [-0.25, -0.2) is 9.98 Å². The Hall–Kier alpha value is -5.80. The van der Waals surface area contributed by atoms with Crippen LogP contribution < -0.4 is 0 Å². The first-order valence-corrected chi connectivity index (χ1v) is 14.8. The van der Waals surface area contributed by atoms with Crippen LogP contribution in [0.15, 0.2) is 174 Å². The second kappa shape index (κ2) is 11.8. The van der Waals surface area contributed by atoms with Crippen LogP contribution in [0.4, 0.5) is 0 Å². The maximum atomic E-state index is 5.05. The fourth-order valence-electron chi connectivity index (χ4n) is 5.72. The zero-order valence-electron chi connectivity index (χ0n) is 24.6. The number of amidine groups is 1. The first-order chi connectivity index (χ1) is 21.7. The molecule has 210 valence electrons. The standard InChI is InChI=1S/C41H31N3/c1-29(31-15-6-3-7-16-31)42-41(43-30(2)32-17-8-4-9-18-32)35-20-14-19-33(27-35)34-25-26-38-37-23-12-13-24-39(37)44(40(38)28-34)36-21-10-5-11-22-36/h3-28H,1H2,2H3/b42-41-,43-30+. The van der Waals surface area contributed by atoms with E-state index < -0.39 is 0 Å². The van der Waals surface area contributed by atoms with Crippen LogP contribution in [0.25, 0.3) is 44.3 Å². The molecule has 6 aromatic carbocycles. The van der Waals surface area contributed by atoms with Crippen LogP contribution in [-0.2, 0) is 0 Å². The van der Waals surface area contributed by atoms with Crippen LogP contribution in [0, 0.1) is 0 Å². The van der Waals surface area contributed by atoms with Gasteiger partial charge in [0.2, 0.25) is 0 Å². The summed E-state index contributed by atoms with van der Waals surface area (Å²) in [6.07, 6.45) is 0. The molecule has 0 N–H and O–H groups in total. The summed E-state index contributed by atoms with van der Waals surface area (Å²) in [5, 5.41) is 2.47. The summed E-state index contributed by atoms with van der Waals surface area (Å²) in [7, 11) is 0. The van der Waals surface area contributed by atoms with Crippen LogP contribution >= 0.6 is 0 Å². The van der Waals surface area contributed by atoms with Gasteiger partial charge in [-0.15, -0.1) is 0 Å². The SMILES string of the molecule is C=C(/N=C(\N=C(/C)c1ccccc1)c1cccc(-c2ccc3c4ccccc4n(-c4ccccc4)c3c2)c1)c1ccccc1. The monoisotopic (exact) mass is 565 g/mol. The number of nitrogens with zero attached hydrogens (tertiary/aromatic N) is 3. The Balaban J connectivity index is 1.36. The minimum Gasteiger partial charge on any atom is -0.309 e. The van der Waals surface area contributed by atoms with Gasteiger partial charge in [0.25, 0.3) is 0 Å². The van der Waals surface area contributed by atoms with Gasteiger partial charge in [0.15, 0.2) is 5.84 Å². The van der Waals surface area contributed by atoms with Gasteiger partial charge < -0.3 is 4.57 Å². The van der Waals surface area contributed by atoms with Crippen LogP contribution in [0.3, 0.4) is 0 Å². The third-order valence-corrected chi connectivity index (χ3v) is 7.96. The van der Waals surface area contributed by atoms with Crippen molar-refractivity contribution in [2.75, 3.05) is 0 Å². The fourth-order valence-corrected chi connectivity index (χ4v) is 5.72. The van der Waals surface area contributed by atoms with Crippen molar-refractivity contribution >= 4 is 39.1 Å². The minimum atomic E-state index is 0.626. The minimum absolute atomic E-state index is 0.626. The molecule has 0 saturated carbocycles. The lowest BCUT2D eigenvalue weighted by molar-refractivity contribution is 1.18. The van der Waals surface area contributed by atoms with Crippen LogP contribution in [0.2, 0.25) is 0 Å². The van der Waals surface area contributed by atoms with Gasteiger partial charge in [-0.2, -0.15) is 0 Å². The van der Waals surface area contributed by atoms with E-state index in [0.29, 0.717) is 11.5 Å². The average molecular weight is 566 g/mol. The van der Waals surface area contributed by atoms with E-state index in [-0.39, 0.29) is 0 Å². The summed E-state index contributed by atoms with van der Waals surface area (Å²) in [6.45, 7) is 6.31. The predicted octanol–water partition coefficient (Wildman–Crippen LogP) is 10.4. The maximum Gasteiger partial charge on any atom is 0.160 e. The van der Waals surface area contributed by atoms with Gasteiger partial charge in [-0.1, -0.05) is 134 Å². The molecule has 0 atom stereocenters. The molecule has 7 aromatic rings. The fraction of sp³-hybridized carbons (Fsp3) is 0.0244. The Bertz CT molecular complexity index is 2170. The van der Waals surface area contributed by atoms with Gasteiger partial charge >= 0.3 is 0 Å². The second-order valence-corrected chi connectivity index (χ2v) is 10.8. The van der Waals surface area contributed by atoms with Gasteiger partial charge in [0, 0.05) is 27.7 Å². The summed E-state index contributed by atoms with van der Waals surface area (Å²) in [5.41, 5.74) is 10.2. The highest BCUT2D eigenvalue weighted by Crippen LogP contribution is 2.35. The van der Waals surface area contributed by atoms with Gasteiger partial charge in [0.1, 0.15) is 0 Å². The highest BCUT2D eigenvalue weighted by atomic mass is 15.0. The number of para-hydroxylation sites is 2. The Morgan fingerprint density at radius 2 is 1.09 bits per heavy atom. The van der Waals surface area contributed by atoms with Crippen LogP contribution in [-0.4, -0.2) is 16.1 Å². The van der Waals surface area contributed by atoms with Crippen molar-refractivity contribution in [3.05, 3.63) is 181 Å². The van der Waals surface area contributed by atoms with E-state index in [9.17, 15) is 0 Å². The van der Waals surface area contributed by atoms with E-state index >= 15 is 0 Å². The highest BCUT2D eigenvalue weighted by Gasteiger charge is 2.14. The molecule has 0 amide bonds. The number of benzene rings is 6. The third kappa shape index (κ3) is 5.28. The van der Waals surface area contributed by atoms with Gasteiger partial charge in [-0.3, -0.25) is 0 Å². The van der Waals surface area contributed by atoms with E-state index in [0.717, 1.165) is 39.2 Å². The molecule has 44 heavy (non-hydrogen) atoms. The zero-order chi connectivity index (χ0) is 29.9. The summed E-state index contributed by atoms with van der Waals surface area (Å²) in [4.78, 5) is 10.0. The molecular weight excluding hydrogens is 534 g/mol. The molecule has 0 radical (unpaired) electrons. The first kappa shape index (κ1) is 27.1. The smallest absolute Gasteiger partial charge is 0.160 e. The third-order valence-electron chi connectivity index (χ3n) is 7.96. The molecule has 0 aliphatic rings. The summed E-state index contributed by atoms with van der Waals surface area (Å²) in [6, 6.07) is 54.6. The summed E-state index contributed by atoms with van der Waals surface area (Å²) >= 11 is 0. The van der Waals surface area contributed by atoms with E-state index in [1.54, 1.807) is 0 Å². The molecule has 1 heterocycles. The Kier molecular flexibility index (Phi) is 7.27. The van der Waals surface area contributed by atoms with Gasteiger partial charge in [-0.05, 0) is 59.5 Å². The number of aliphatic imine (C=N–C) groups is 2. The second-order valence-electron chi connectivity index (χ2n) is 10.8. The normalized spacial score (nSPS) is 12.1. The molecule has 0 spiro atoms. The molecule has 3 nitrogen and oxygen atoms in total. The molecule has 0 aliphatic carbocycles. The van der Waals surface area contributed by atoms with Crippen LogP contribution in [0.5, 0.6) is 0 Å². The molecule has 0 saturated heterocycles. The lowest BCUT2D eigenvalue weighted by Gasteiger charge is -2.11. The lowest BCUT2D eigenvalue weighted by atomic mass is 10.0. The number of rotatable bonds is 6. The number of aromatic nitrogens is 1. The lowest BCUT2D eigenvalue weighted by Crippen LogP contribution is -2.04. The van der Waals surface area contributed by atoms with Crippen molar-refractivity contribution in [1.82, 2.24) is 4.57 Å². The molecule has 3 heteroatoms. The van der Waals surface area contributed by atoms with Crippen molar-refractivity contribution in [2.45, 2.75) is 6.92 Å². The zero-order valence-corrected chi connectivity index (χ0v) is 24.6. The number of hydrogen-bond acceptors (Lipinski definition) is 1. The quantitative estimate of drug-likeness (QED) is 0.142. The summed E-state index contributed by atoms with van der Waals surface area (Å²) in [5.74, 6) is 0.626. The van der Waals surface area contributed by atoms with E-state index in [2.05, 4.69) is 120 Å². The van der Waals surface area contributed by atoms with E-state index in [4.69, 9.17) is 9.98 Å². The molecule has 0 aliphatic heterocycles. The predicted molar refractivity (Wildman–Crippen MR) is 187 cm³/mol. The number of fused-ring (bicyclic) bond motifs is 3. The molecule has 0 fully saturated rings. The van der Waals surface area contributed by atoms with Crippen molar-refractivity contribution in [3.8, 4) is 16.8 Å². The molecule has 1 aromatic heterocycles. The van der Waals surface area contributed by atoms with Crippen LogP contribution in [0.1, 0.15) is 23.6 Å². The van der Waals surface area contributed by atoms with Gasteiger partial charge in [0.05, 0.1) is 16.7 Å². The van der Waals surface area contributed by atoms with Crippen molar-refractivity contribution < 1.29 is 0 Å². The van der Waals surface area contributed by atoms with E-state index in [1.165, 1.54) is 21.8 Å². The Labute approximate surface area is 257 Å². The molecule has 0 unspecified atom stereocenters. The number of hydrogen-bond donors (Lipinski definition) is 0.